The highest BCUT2D eigenvalue weighted by Crippen LogP contribution is 2.24. The van der Waals surface area contributed by atoms with E-state index in [9.17, 15) is 0 Å². The van der Waals surface area contributed by atoms with Crippen LogP contribution in [0.4, 0.5) is 11.6 Å². The van der Waals surface area contributed by atoms with E-state index in [4.69, 9.17) is 0 Å². The smallest absolute Gasteiger partial charge is 0.223 e. The van der Waals surface area contributed by atoms with Crippen LogP contribution in [0.25, 0.3) is 0 Å². The number of rotatable bonds is 4. The lowest BCUT2D eigenvalue weighted by atomic mass is 10.1. The van der Waals surface area contributed by atoms with Crippen LogP contribution in [-0.2, 0) is 6.54 Å². The van der Waals surface area contributed by atoms with Crippen molar-refractivity contribution in [3.8, 4) is 0 Å². The van der Waals surface area contributed by atoms with Crippen LogP contribution in [0.1, 0.15) is 30.5 Å². The first-order chi connectivity index (χ1) is 10.3. The van der Waals surface area contributed by atoms with Gasteiger partial charge in [0.05, 0.1) is 0 Å². The highest BCUT2D eigenvalue weighted by molar-refractivity contribution is 5.54. The number of aromatic nitrogens is 2. The summed E-state index contributed by atoms with van der Waals surface area (Å²) >= 11 is 0. The summed E-state index contributed by atoms with van der Waals surface area (Å²) in [5.41, 5.74) is 3.64. The molecule has 0 spiro atoms. The van der Waals surface area contributed by atoms with Crippen molar-refractivity contribution >= 4 is 11.6 Å². The molecule has 2 aromatic rings. The summed E-state index contributed by atoms with van der Waals surface area (Å²) in [5, 5.41) is 3.33. The summed E-state index contributed by atoms with van der Waals surface area (Å²) in [4.78, 5) is 11.2. The molecule has 0 saturated carbocycles. The predicted octanol–water partition coefficient (Wildman–Crippen LogP) is 3.39. The lowest BCUT2D eigenvalue weighted by Crippen LogP contribution is -2.30. The fourth-order valence-electron chi connectivity index (χ4n) is 2.81. The van der Waals surface area contributed by atoms with Gasteiger partial charge in [-0.25, -0.2) is 9.97 Å². The van der Waals surface area contributed by atoms with E-state index >= 15 is 0 Å². The van der Waals surface area contributed by atoms with Crippen molar-refractivity contribution in [3.63, 3.8) is 0 Å². The minimum absolute atomic E-state index is 0.698. The summed E-state index contributed by atoms with van der Waals surface area (Å²) in [5.74, 6) is 0.698. The highest BCUT2D eigenvalue weighted by atomic mass is 15.1. The van der Waals surface area contributed by atoms with E-state index < -0.39 is 0 Å². The summed E-state index contributed by atoms with van der Waals surface area (Å²) in [6.07, 6.45) is 5.74. The second kappa shape index (κ2) is 6.57. The minimum atomic E-state index is 0.698. The third kappa shape index (κ3) is 3.51. The molecule has 1 aromatic heterocycles. The van der Waals surface area contributed by atoms with E-state index in [1.807, 2.05) is 13.0 Å². The van der Waals surface area contributed by atoms with Crippen LogP contribution >= 0.6 is 0 Å². The molecule has 4 nitrogen and oxygen atoms in total. The molecule has 1 fully saturated rings. The van der Waals surface area contributed by atoms with E-state index in [1.54, 1.807) is 6.20 Å². The number of aryl methyl sites for hydroxylation is 1. The molecule has 0 unspecified atom stereocenters. The van der Waals surface area contributed by atoms with Crippen molar-refractivity contribution in [2.45, 2.75) is 32.7 Å². The molecule has 0 atom stereocenters. The first kappa shape index (κ1) is 13.9. The molecule has 1 saturated heterocycles. The Bertz CT molecular complexity index is 591. The number of piperidine rings is 1. The van der Waals surface area contributed by atoms with E-state index in [-0.39, 0.29) is 0 Å². The summed E-state index contributed by atoms with van der Waals surface area (Å²) in [6.45, 7) is 5.07. The monoisotopic (exact) mass is 282 g/mol. The molecule has 0 aliphatic carbocycles. The molecular weight excluding hydrogens is 260 g/mol. The predicted molar refractivity (Wildman–Crippen MR) is 86.6 cm³/mol. The van der Waals surface area contributed by atoms with Gasteiger partial charge in [-0.15, -0.1) is 0 Å². The van der Waals surface area contributed by atoms with Gasteiger partial charge >= 0.3 is 0 Å². The fourth-order valence-corrected chi connectivity index (χ4v) is 2.81. The van der Waals surface area contributed by atoms with Gasteiger partial charge in [-0.1, -0.05) is 18.2 Å². The average Bonchev–Trinajstić information content (AvgIpc) is 2.54. The SMILES string of the molecule is Cc1ccnc(NCc2ccccc2N2CCCCC2)n1. The molecule has 21 heavy (non-hydrogen) atoms. The molecule has 2 heterocycles. The minimum Gasteiger partial charge on any atom is -0.371 e. The third-order valence-corrected chi connectivity index (χ3v) is 3.92. The number of benzene rings is 1. The molecule has 0 bridgehead atoms. The zero-order valence-electron chi connectivity index (χ0n) is 12.5. The average molecular weight is 282 g/mol. The largest absolute Gasteiger partial charge is 0.371 e. The van der Waals surface area contributed by atoms with Gasteiger partial charge in [-0.3, -0.25) is 0 Å². The van der Waals surface area contributed by atoms with Crippen molar-refractivity contribution in [1.29, 1.82) is 0 Å². The van der Waals surface area contributed by atoms with Gasteiger partial charge in [0.1, 0.15) is 0 Å². The van der Waals surface area contributed by atoms with Crippen LogP contribution in [0.2, 0.25) is 0 Å². The quantitative estimate of drug-likeness (QED) is 0.933. The Morgan fingerprint density at radius 1 is 1.10 bits per heavy atom. The van der Waals surface area contributed by atoms with Gasteiger partial charge in [0, 0.05) is 37.2 Å². The molecule has 110 valence electrons. The van der Waals surface area contributed by atoms with Gasteiger partial charge in [0.25, 0.3) is 0 Å². The number of nitrogens with one attached hydrogen (secondary N) is 1. The van der Waals surface area contributed by atoms with Gasteiger partial charge in [-0.05, 0) is 43.9 Å². The zero-order chi connectivity index (χ0) is 14.5. The van der Waals surface area contributed by atoms with Crippen LogP contribution in [-0.4, -0.2) is 23.1 Å². The Balaban J connectivity index is 1.73. The topological polar surface area (TPSA) is 41.1 Å². The Morgan fingerprint density at radius 3 is 2.71 bits per heavy atom. The Morgan fingerprint density at radius 2 is 1.90 bits per heavy atom. The Hall–Kier alpha value is -2.10. The molecule has 1 N–H and O–H groups in total. The first-order valence-electron chi connectivity index (χ1n) is 7.69. The lowest BCUT2D eigenvalue weighted by molar-refractivity contribution is 0.576. The maximum Gasteiger partial charge on any atom is 0.223 e. The number of hydrogen-bond acceptors (Lipinski definition) is 4. The van der Waals surface area contributed by atoms with Gasteiger partial charge in [0.15, 0.2) is 0 Å². The fraction of sp³-hybridized carbons (Fsp3) is 0.412. The van der Waals surface area contributed by atoms with E-state index in [1.165, 1.54) is 30.5 Å². The summed E-state index contributed by atoms with van der Waals surface area (Å²) in [7, 11) is 0. The molecule has 0 radical (unpaired) electrons. The van der Waals surface area contributed by atoms with Crippen LogP contribution < -0.4 is 10.2 Å². The van der Waals surface area contributed by atoms with Crippen molar-refractivity contribution < 1.29 is 0 Å². The highest BCUT2D eigenvalue weighted by Gasteiger charge is 2.13. The van der Waals surface area contributed by atoms with Gasteiger partial charge in [-0.2, -0.15) is 0 Å². The van der Waals surface area contributed by atoms with Gasteiger partial charge in [0.2, 0.25) is 5.95 Å². The van der Waals surface area contributed by atoms with E-state index in [0.717, 1.165) is 25.3 Å². The van der Waals surface area contributed by atoms with Crippen molar-refractivity contribution in [2.75, 3.05) is 23.3 Å². The van der Waals surface area contributed by atoms with E-state index in [0.29, 0.717) is 5.95 Å². The third-order valence-electron chi connectivity index (χ3n) is 3.92. The normalized spacial score (nSPS) is 15.0. The lowest BCUT2D eigenvalue weighted by Gasteiger charge is -2.30. The molecule has 3 rings (SSSR count). The number of nitrogens with zero attached hydrogens (tertiary/aromatic N) is 3. The maximum absolute atomic E-state index is 4.39. The number of para-hydroxylation sites is 1. The molecule has 1 aliphatic heterocycles. The number of hydrogen-bond donors (Lipinski definition) is 1. The van der Waals surface area contributed by atoms with Crippen LogP contribution in [0.3, 0.4) is 0 Å². The maximum atomic E-state index is 4.39. The first-order valence-corrected chi connectivity index (χ1v) is 7.69. The van der Waals surface area contributed by atoms with Crippen molar-refractivity contribution in [1.82, 2.24) is 9.97 Å². The molecule has 0 amide bonds. The molecular formula is C17H22N4. The molecule has 4 heteroatoms. The second-order valence-electron chi connectivity index (χ2n) is 5.55. The van der Waals surface area contributed by atoms with Crippen molar-refractivity contribution in [3.05, 3.63) is 47.8 Å². The Kier molecular flexibility index (Phi) is 4.34. The standard InChI is InChI=1S/C17H22N4/c1-14-9-10-18-17(20-14)19-13-15-7-3-4-8-16(15)21-11-5-2-6-12-21/h3-4,7-10H,2,5-6,11-13H2,1H3,(H,18,19,20). The van der Waals surface area contributed by atoms with Crippen molar-refractivity contribution in [2.24, 2.45) is 0 Å². The van der Waals surface area contributed by atoms with E-state index in [2.05, 4.69) is 44.5 Å². The molecule has 1 aliphatic rings. The summed E-state index contributed by atoms with van der Waals surface area (Å²) in [6, 6.07) is 10.5. The Labute approximate surface area is 126 Å². The van der Waals surface area contributed by atoms with Crippen LogP contribution in [0.5, 0.6) is 0 Å². The zero-order valence-corrected chi connectivity index (χ0v) is 12.5. The van der Waals surface area contributed by atoms with Crippen LogP contribution in [0.15, 0.2) is 36.5 Å². The van der Waals surface area contributed by atoms with Crippen LogP contribution in [0, 0.1) is 6.92 Å². The summed E-state index contributed by atoms with van der Waals surface area (Å²) < 4.78 is 0. The molecule has 1 aromatic carbocycles. The van der Waals surface area contributed by atoms with Gasteiger partial charge < -0.3 is 10.2 Å². The second-order valence-corrected chi connectivity index (χ2v) is 5.55. The number of anilines is 2.